The van der Waals surface area contributed by atoms with E-state index in [0.29, 0.717) is 12.0 Å². The zero-order chi connectivity index (χ0) is 12.3. The van der Waals surface area contributed by atoms with Crippen molar-refractivity contribution in [2.24, 2.45) is 11.0 Å². The first-order chi connectivity index (χ1) is 8.26. The zero-order valence-electron chi connectivity index (χ0n) is 10.5. The van der Waals surface area contributed by atoms with E-state index in [1.165, 1.54) is 0 Å². The number of nitrogens with zero attached hydrogens (tertiary/aromatic N) is 2. The van der Waals surface area contributed by atoms with Crippen LogP contribution in [0.1, 0.15) is 12.8 Å². The summed E-state index contributed by atoms with van der Waals surface area (Å²) in [6.45, 7) is 0. The number of hydrazone groups is 1. The maximum Gasteiger partial charge on any atom is 0.101 e. The van der Waals surface area contributed by atoms with Crippen LogP contribution in [0.5, 0.6) is 0 Å². The summed E-state index contributed by atoms with van der Waals surface area (Å²) in [4.78, 5) is 4.95. The lowest BCUT2D eigenvalue weighted by atomic mass is 9.88. The average Bonchev–Trinajstić information content (AvgIpc) is 2.76. The van der Waals surface area contributed by atoms with Gasteiger partial charge in [0.15, 0.2) is 0 Å². The van der Waals surface area contributed by atoms with E-state index in [4.69, 9.17) is 9.57 Å². The van der Waals surface area contributed by atoms with Gasteiger partial charge in [0.1, 0.15) is 5.76 Å². The number of methoxy groups -OCH3 is 1. The van der Waals surface area contributed by atoms with Crippen molar-refractivity contribution in [1.29, 1.82) is 0 Å². The van der Waals surface area contributed by atoms with Crippen LogP contribution in [-0.2, 0) is 9.57 Å². The van der Waals surface area contributed by atoms with E-state index in [2.05, 4.69) is 10.6 Å². The molecule has 5 heteroatoms. The van der Waals surface area contributed by atoms with Gasteiger partial charge in [0, 0.05) is 37.7 Å². The molecule has 17 heavy (non-hydrogen) atoms. The lowest BCUT2D eigenvalue weighted by Gasteiger charge is -2.32. The molecule has 1 aliphatic heterocycles. The van der Waals surface area contributed by atoms with Crippen LogP contribution in [-0.4, -0.2) is 38.5 Å². The van der Waals surface area contributed by atoms with E-state index in [0.717, 1.165) is 24.3 Å². The van der Waals surface area contributed by atoms with Gasteiger partial charge in [-0.1, -0.05) is 0 Å². The molecule has 0 spiro atoms. The van der Waals surface area contributed by atoms with Gasteiger partial charge in [-0.3, -0.25) is 15.3 Å². The Bertz CT molecular complexity index is 363. The van der Waals surface area contributed by atoms with Gasteiger partial charge in [-0.15, -0.1) is 0 Å². The van der Waals surface area contributed by atoms with Gasteiger partial charge in [0.25, 0.3) is 0 Å². The molecular formula is C12H19N3O2. The highest BCUT2D eigenvalue weighted by molar-refractivity contribution is 5.60. The Labute approximate surface area is 102 Å². The number of nitrogens with one attached hydrogen (secondary N) is 1. The van der Waals surface area contributed by atoms with Gasteiger partial charge in [-0.2, -0.15) is 5.10 Å². The predicted molar refractivity (Wildman–Crippen MR) is 66.1 cm³/mol. The van der Waals surface area contributed by atoms with E-state index < -0.39 is 0 Å². The summed E-state index contributed by atoms with van der Waals surface area (Å²) in [5.74, 6) is 1.32. The topological polar surface area (TPSA) is 46.1 Å². The van der Waals surface area contributed by atoms with Crippen LogP contribution >= 0.6 is 0 Å². The minimum atomic E-state index is 0.315. The highest BCUT2D eigenvalue weighted by atomic mass is 16.6. The van der Waals surface area contributed by atoms with E-state index in [9.17, 15) is 0 Å². The fourth-order valence-electron chi connectivity index (χ4n) is 2.41. The summed E-state index contributed by atoms with van der Waals surface area (Å²) in [6.07, 6.45) is 7.80. The molecule has 1 aliphatic carbocycles. The van der Waals surface area contributed by atoms with E-state index in [1.807, 2.05) is 30.4 Å². The number of hydrogen-bond acceptors (Lipinski definition) is 5. The van der Waals surface area contributed by atoms with E-state index in [1.54, 1.807) is 14.2 Å². The predicted octanol–water partition coefficient (Wildman–Crippen LogP) is 1.26. The maximum absolute atomic E-state index is 5.46. The lowest BCUT2D eigenvalue weighted by Crippen LogP contribution is -2.35. The molecule has 0 saturated carbocycles. The molecule has 2 atom stereocenters. The number of allylic oxidation sites excluding steroid dienone is 3. The van der Waals surface area contributed by atoms with Gasteiger partial charge in [0.05, 0.1) is 20.3 Å². The summed E-state index contributed by atoms with van der Waals surface area (Å²) in [6, 6.07) is 0.364. The van der Waals surface area contributed by atoms with Crippen molar-refractivity contribution < 1.29 is 9.57 Å². The highest BCUT2D eigenvalue weighted by Gasteiger charge is 2.33. The SMILES string of the molecule is CONC1=CC=C(OC)C(C2CC=NN2C)C1. The van der Waals surface area contributed by atoms with Crippen molar-refractivity contribution in [2.75, 3.05) is 21.3 Å². The number of hydroxylamine groups is 1. The van der Waals surface area contributed by atoms with Crippen LogP contribution in [0.15, 0.2) is 28.7 Å². The number of rotatable bonds is 4. The zero-order valence-corrected chi connectivity index (χ0v) is 10.5. The molecule has 0 bridgehead atoms. The standard InChI is InChI=1S/C12H19N3O2/c1-15-11(6-7-13-15)10-8-9(14-17-3)4-5-12(10)16-2/h4-5,7,10-11,14H,6,8H2,1-3H3. The maximum atomic E-state index is 5.46. The first kappa shape index (κ1) is 12.0. The molecule has 0 aromatic heterocycles. The smallest absolute Gasteiger partial charge is 0.101 e. The van der Waals surface area contributed by atoms with Crippen molar-refractivity contribution in [3.05, 3.63) is 23.6 Å². The van der Waals surface area contributed by atoms with Crippen LogP contribution in [0.2, 0.25) is 0 Å². The van der Waals surface area contributed by atoms with Crippen LogP contribution in [0.3, 0.4) is 0 Å². The third-order valence-corrected chi connectivity index (χ3v) is 3.28. The minimum Gasteiger partial charge on any atom is -0.501 e. The Morgan fingerprint density at radius 3 is 2.82 bits per heavy atom. The second kappa shape index (κ2) is 5.23. The molecule has 2 rings (SSSR count). The summed E-state index contributed by atoms with van der Waals surface area (Å²) in [5, 5.41) is 6.29. The quantitative estimate of drug-likeness (QED) is 0.748. The summed E-state index contributed by atoms with van der Waals surface area (Å²) >= 11 is 0. The monoisotopic (exact) mass is 237 g/mol. The van der Waals surface area contributed by atoms with E-state index in [-0.39, 0.29) is 0 Å². The molecule has 2 aliphatic rings. The third-order valence-electron chi connectivity index (χ3n) is 3.28. The molecule has 0 fully saturated rings. The van der Waals surface area contributed by atoms with Gasteiger partial charge >= 0.3 is 0 Å². The van der Waals surface area contributed by atoms with Crippen molar-refractivity contribution in [3.63, 3.8) is 0 Å². The summed E-state index contributed by atoms with van der Waals surface area (Å²) in [7, 11) is 5.34. The normalized spacial score (nSPS) is 27.8. The Morgan fingerprint density at radius 1 is 1.41 bits per heavy atom. The minimum absolute atomic E-state index is 0.315. The van der Waals surface area contributed by atoms with Crippen LogP contribution in [0.4, 0.5) is 0 Å². The first-order valence-electron chi connectivity index (χ1n) is 5.75. The molecule has 0 aromatic rings. The molecule has 5 nitrogen and oxygen atoms in total. The van der Waals surface area contributed by atoms with Gasteiger partial charge in [0.2, 0.25) is 0 Å². The molecule has 1 heterocycles. The summed E-state index contributed by atoms with van der Waals surface area (Å²) < 4.78 is 5.46. The second-order valence-corrected chi connectivity index (χ2v) is 4.26. The molecule has 0 radical (unpaired) electrons. The largest absolute Gasteiger partial charge is 0.501 e. The molecule has 0 saturated heterocycles. The van der Waals surface area contributed by atoms with E-state index >= 15 is 0 Å². The first-order valence-corrected chi connectivity index (χ1v) is 5.75. The molecule has 0 aromatic carbocycles. The second-order valence-electron chi connectivity index (χ2n) is 4.26. The lowest BCUT2D eigenvalue weighted by molar-refractivity contribution is 0.102. The van der Waals surface area contributed by atoms with Crippen molar-refractivity contribution in [1.82, 2.24) is 10.5 Å². The van der Waals surface area contributed by atoms with Gasteiger partial charge in [-0.25, -0.2) is 0 Å². The Kier molecular flexibility index (Phi) is 3.68. The molecular weight excluding hydrogens is 218 g/mol. The Morgan fingerprint density at radius 2 is 2.24 bits per heavy atom. The number of hydrogen-bond donors (Lipinski definition) is 1. The van der Waals surface area contributed by atoms with Crippen molar-refractivity contribution >= 4 is 6.21 Å². The highest BCUT2D eigenvalue weighted by Crippen LogP contribution is 2.32. The summed E-state index contributed by atoms with van der Waals surface area (Å²) in [5.41, 5.74) is 3.97. The molecule has 0 amide bonds. The molecule has 94 valence electrons. The van der Waals surface area contributed by atoms with Crippen LogP contribution in [0, 0.1) is 5.92 Å². The molecule has 2 unspecified atom stereocenters. The number of ether oxygens (including phenoxy) is 1. The van der Waals surface area contributed by atoms with Gasteiger partial charge in [-0.05, 0) is 12.2 Å². The average molecular weight is 237 g/mol. The molecule has 1 N–H and O–H groups in total. The fourth-order valence-corrected chi connectivity index (χ4v) is 2.41. The third kappa shape index (κ3) is 2.44. The van der Waals surface area contributed by atoms with Crippen molar-refractivity contribution in [2.45, 2.75) is 18.9 Å². The van der Waals surface area contributed by atoms with Crippen molar-refractivity contribution in [3.8, 4) is 0 Å². The van der Waals surface area contributed by atoms with Gasteiger partial charge < -0.3 is 4.74 Å². The Balaban J connectivity index is 2.11. The fraction of sp³-hybridized carbons (Fsp3) is 0.583. The van der Waals surface area contributed by atoms with Crippen LogP contribution in [0.25, 0.3) is 0 Å². The van der Waals surface area contributed by atoms with Crippen LogP contribution < -0.4 is 5.48 Å². The Hall–Kier alpha value is -1.49.